The number of piperazine rings is 1. The van der Waals surface area contributed by atoms with Gasteiger partial charge in [-0.15, -0.1) is 11.3 Å². The number of aromatic nitrogens is 1. The maximum absolute atomic E-state index is 13.2. The molecule has 2 heterocycles. The number of benzene rings is 2. The number of thiazole rings is 1. The summed E-state index contributed by atoms with van der Waals surface area (Å²) >= 11 is 9.43. The fraction of sp³-hybridized carbons (Fsp3) is 0.304. The number of rotatable bonds is 8. The molecule has 1 aromatic heterocycles. The van der Waals surface area contributed by atoms with Crippen LogP contribution in [0.15, 0.2) is 58.9 Å². The van der Waals surface area contributed by atoms with Gasteiger partial charge in [-0.1, -0.05) is 17.7 Å². The Bertz CT molecular complexity index is 1310. The molecule has 1 fully saturated rings. The standard InChI is InChI=1S/C23H24ClIN4O5S2/c1-15(34-20-4-2-3-19(24)21(20)25)22(31)29-11-10-28(13-17(29)14-30)16-5-7-18(8-6-16)36(32,33)27-23-26-9-12-35-23/h2-9,12,15,17,30H,10-11,13-14H2,1H3,(H,26,27)/t15-,17+/m0/s1. The molecule has 2 N–H and O–H groups in total. The molecule has 0 spiro atoms. The first-order valence-corrected chi connectivity index (χ1v) is 14.8. The van der Waals surface area contributed by atoms with Crippen LogP contribution >= 0.6 is 45.5 Å². The minimum Gasteiger partial charge on any atom is -0.480 e. The Kier molecular flexibility index (Phi) is 8.60. The molecule has 192 valence electrons. The number of ether oxygens (including phenoxy) is 1. The molecular weight excluding hydrogens is 639 g/mol. The van der Waals surface area contributed by atoms with Crippen LogP contribution in [0.1, 0.15) is 6.92 Å². The van der Waals surface area contributed by atoms with Gasteiger partial charge in [0.1, 0.15) is 5.75 Å². The van der Waals surface area contributed by atoms with Crippen molar-refractivity contribution in [2.45, 2.75) is 24.0 Å². The maximum atomic E-state index is 13.2. The summed E-state index contributed by atoms with van der Waals surface area (Å²) in [5.74, 6) is 0.307. The largest absolute Gasteiger partial charge is 0.480 e. The van der Waals surface area contributed by atoms with E-state index in [4.69, 9.17) is 16.3 Å². The summed E-state index contributed by atoms with van der Waals surface area (Å²) in [5.41, 5.74) is 0.798. The predicted octanol–water partition coefficient (Wildman–Crippen LogP) is 3.68. The second-order valence-corrected chi connectivity index (χ2v) is 12.1. The van der Waals surface area contributed by atoms with Crippen LogP contribution < -0.4 is 14.4 Å². The van der Waals surface area contributed by atoms with Crippen LogP contribution in [0.2, 0.25) is 5.02 Å². The topological polar surface area (TPSA) is 112 Å². The van der Waals surface area contributed by atoms with Crippen molar-refractivity contribution in [3.8, 4) is 5.75 Å². The fourth-order valence-electron chi connectivity index (χ4n) is 3.87. The first-order valence-electron chi connectivity index (χ1n) is 11.0. The Morgan fingerprint density at radius 1 is 1.31 bits per heavy atom. The Morgan fingerprint density at radius 3 is 2.72 bits per heavy atom. The van der Waals surface area contributed by atoms with Gasteiger partial charge >= 0.3 is 0 Å². The van der Waals surface area contributed by atoms with Gasteiger partial charge in [0.25, 0.3) is 15.9 Å². The molecule has 1 saturated heterocycles. The van der Waals surface area contributed by atoms with E-state index in [0.717, 1.165) is 9.26 Å². The van der Waals surface area contributed by atoms with E-state index in [9.17, 15) is 18.3 Å². The SMILES string of the molecule is C[C@H](Oc1cccc(Cl)c1I)C(=O)N1CCN(c2ccc(S(=O)(=O)Nc3nccs3)cc2)C[C@@H]1CO. The van der Waals surface area contributed by atoms with Gasteiger partial charge in [-0.05, 0) is 65.9 Å². The Labute approximate surface area is 232 Å². The van der Waals surface area contributed by atoms with Crippen LogP contribution in [-0.4, -0.2) is 67.7 Å². The summed E-state index contributed by atoms with van der Waals surface area (Å²) in [6, 6.07) is 11.3. The highest BCUT2D eigenvalue weighted by atomic mass is 127. The number of carbonyl (C=O) groups is 1. The molecule has 0 saturated carbocycles. The monoisotopic (exact) mass is 662 g/mol. The number of nitrogens with one attached hydrogen (secondary N) is 1. The van der Waals surface area contributed by atoms with Gasteiger partial charge in [-0.2, -0.15) is 0 Å². The van der Waals surface area contributed by atoms with Crippen molar-refractivity contribution in [1.82, 2.24) is 9.88 Å². The third-order valence-electron chi connectivity index (χ3n) is 5.71. The molecule has 36 heavy (non-hydrogen) atoms. The van der Waals surface area contributed by atoms with Gasteiger partial charge in [0.2, 0.25) is 0 Å². The molecule has 0 radical (unpaired) electrons. The number of sulfonamides is 1. The van der Waals surface area contributed by atoms with Gasteiger partial charge in [-0.25, -0.2) is 13.4 Å². The molecule has 1 aliphatic heterocycles. The quantitative estimate of drug-likeness (QED) is 0.354. The summed E-state index contributed by atoms with van der Waals surface area (Å²) in [7, 11) is -3.74. The van der Waals surface area contributed by atoms with E-state index in [0.29, 0.717) is 35.5 Å². The first-order chi connectivity index (χ1) is 17.2. The van der Waals surface area contributed by atoms with E-state index >= 15 is 0 Å². The number of nitrogens with zero attached hydrogens (tertiary/aromatic N) is 3. The summed E-state index contributed by atoms with van der Waals surface area (Å²) in [6.07, 6.45) is 0.769. The molecule has 2 atom stereocenters. The van der Waals surface area contributed by atoms with Crippen molar-refractivity contribution in [3.05, 3.63) is 62.6 Å². The minimum atomic E-state index is -3.74. The molecule has 9 nitrogen and oxygen atoms in total. The number of hydrogen-bond acceptors (Lipinski definition) is 8. The number of anilines is 2. The molecule has 0 unspecified atom stereocenters. The lowest BCUT2D eigenvalue weighted by molar-refractivity contribution is -0.141. The summed E-state index contributed by atoms with van der Waals surface area (Å²) in [4.78, 5) is 20.9. The number of amides is 1. The van der Waals surface area contributed by atoms with Crippen molar-refractivity contribution in [2.24, 2.45) is 0 Å². The number of hydrogen-bond donors (Lipinski definition) is 2. The van der Waals surface area contributed by atoms with Crippen molar-refractivity contribution < 1.29 is 23.1 Å². The minimum absolute atomic E-state index is 0.121. The maximum Gasteiger partial charge on any atom is 0.263 e. The Hall–Kier alpha value is -2.13. The van der Waals surface area contributed by atoms with Gasteiger partial charge in [0.15, 0.2) is 11.2 Å². The molecule has 0 bridgehead atoms. The van der Waals surface area contributed by atoms with Crippen molar-refractivity contribution in [2.75, 3.05) is 35.9 Å². The van der Waals surface area contributed by atoms with E-state index in [2.05, 4.69) is 32.3 Å². The summed E-state index contributed by atoms with van der Waals surface area (Å²) in [5, 5.41) is 12.6. The second kappa shape index (κ2) is 11.5. The number of carbonyl (C=O) groups excluding carboxylic acids is 1. The van der Waals surface area contributed by atoms with Crippen molar-refractivity contribution in [1.29, 1.82) is 0 Å². The van der Waals surface area contributed by atoms with Crippen LogP contribution in [-0.2, 0) is 14.8 Å². The molecule has 13 heteroatoms. The van der Waals surface area contributed by atoms with Crippen molar-refractivity contribution >= 4 is 72.3 Å². The van der Waals surface area contributed by atoms with Crippen LogP contribution in [0.25, 0.3) is 0 Å². The van der Waals surface area contributed by atoms with E-state index in [1.807, 2.05) is 4.90 Å². The third kappa shape index (κ3) is 6.05. The smallest absolute Gasteiger partial charge is 0.263 e. The van der Waals surface area contributed by atoms with Crippen molar-refractivity contribution in [3.63, 3.8) is 0 Å². The second-order valence-electron chi connectivity index (χ2n) is 8.06. The molecule has 1 amide bonds. The van der Waals surface area contributed by atoms with E-state index < -0.39 is 22.2 Å². The number of aliphatic hydroxyl groups excluding tert-OH is 1. The molecule has 1 aliphatic rings. The zero-order chi connectivity index (χ0) is 25.9. The lowest BCUT2D eigenvalue weighted by atomic mass is 10.1. The molecule has 0 aliphatic carbocycles. The van der Waals surface area contributed by atoms with Gasteiger partial charge in [-0.3, -0.25) is 9.52 Å². The van der Waals surface area contributed by atoms with Crippen LogP contribution in [0.3, 0.4) is 0 Å². The zero-order valence-corrected chi connectivity index (χ0v) is 23.7. The molecular formula is C23H24ClIN4O5S2. The van der Waals surface area contributed by atoms with Gasteiger partial charge < -0.3 is 19.6 Å². The number of halogens is 2. The van der Waals surface area contributed by atoms with Crippen LogP contribution in [0, 0.1) is 3.57 Å². The first kappa shape index (κ1) is 26.9. The van der Waals surface area contributed by atoms with Gasteiger partial charge in [0, 0.05) is 36.9 Å². The lowest BCUT2D eigenvalue weighted by Crippen LogP contribution is -2.59. The average molecular weight is 663 g/mol. The predicted molar refractivity (Wildman–Crippen MR) is 148 cm³/mol. The molecule has 2 aromatic carbocycles. The molecule has 3 aromatic rings. The fourth-order valence-corrected chi connectivity index (χ4v) is 6.31. The zero-order valence-electron chi connectivity index (χ0n) is 19.2. The lowest BCUT2D eigenvalue weighted by Gasteiger charge is -2.42. The summed E-state index contributed by atoms with van der Waals surface area (Å²) < 4.78 is 34.2. The summed E-state index contributed by atoms with van der Waals surface area (Å²) in [6.45, 7) is 2.77. The highest BCUT2D eigenvalue weighted by Crippen LogP contribution is 2.29. The highest BCUT2D eigenvalue weighted by molar-refractivity contribution is 14.1. The highest BCUT2D eigenvalue weighted by Gasteiger charge is 2.33. The number of aliphatic hydroxyl groups is 1. The van der Waals surface area contributed by atoms with E-state index in [-0.39, 0.29) is 17.4 Å². The Morgan fingerprint density at radius 2 is 2.06 bits per heavy atom. The third-order valence-corrected chi connectivity index (χ3v) is 9.63. The van der Waals surface area contributed by atoms with Crippen LogP contribution in [0.5, 0.6) is 5.75 Å². The van der Waals surface area contributed by atoms with Crippen LogP contribution in [0.4, 0.5) is 10.8 Å². The van der Waals surface area contributed by atoms with E-state index in [1.165, 1.54) is 29.7 Å². The normalized spacial score (nSPS) is 17.1. The van der Waals surface area contributed by atoms with Gasteiger partial charge in [0.05, 0.1) is 26.1 Å². The molecule has 4 rings (SSSR count). The average Bonchev–Trinajstić information content (AvgIpc) is 3.38. The Balaban J connectivity index is 1.41. The van der Waals surface area contributed by atoms with E-state index in [1.54, 1.807) is 47.5 Å².